The molecule has 2 aliphatic rings. The number of hydrogen-bond acceptors (Lipinski definition) is 5. The topological polar surface area (TPSA) is 24.9 Å². The van der Waals surface area contributed by atoms with Gasteiger partial charge in [-0.1, -0.05) is 6.07 Å². The van der Waals surface area contributed by atoms with E-state index < -0.39 is 0 Å². The van der Waals surface area contributed by atoms with Crippen LogP contribution in [0.4, 0.5) is 0 Å². The van der Waals surface area contributed by atoms with Crippen molar-refractivity contribution in [3.8, 4) is 0 Å². The van der Waals surface area contributed by atoms with Gasteiger partial charge in [0.1, 0.15) is 5.60 Å². The molecule has 0 N–H and O–H groups in total. The summed E-state index contributed by atoms with van der Waals surface area (Å²) < 4.78 is 12.1. The number of nitrogens with zero attached hydrogens (tertiary/aromatic N) is 2. The summed E-state index contributed by atoms with van der Waals surface area (Å²) in [5.41, 5.74) is -0.0889. The number of ether oxygens (including phenoxy) is 2. The van der Waals surface area contributed by atoms with Crippen molar-refractivity contribution in [1.82, 2.24) is 9.80 Å². The van der Waals surface area contributed by atoms with E-state index in [1.807, 2.05) is 11.3 Å². The minimum absolute atomic E-state index is 0.0889. The first-order valence-corrected chi connectivity index (χ1v) is 8.64. The lowest BCUT2D eigenvalue weighted by Crippen LogP contribution is -2.43. The quantitative estimate of drug-likeness (QED) is 0.848. The van der Waals surface area contributed by atoms with Crippen LogP contribution in [0.1, 0.15) is 11.3 Å². The number of rotatable bonds is 4. The van der Waals surface area contributed by atoms with Crippen LogP contribution in [-0.2, 0) is 16.0 Å². The average Bonchev–Trinajstić information content (AvgIpc) is 3.00. The van der Waals surface area contributed by atoms with Gasteiger partial charge in [-0.15, -0.1) is 11.3 Å². The highest BCUT2D eigenvalue weighted by molar-refractivity contribution is 7.09. The first kappa shape index (κ1) is 15.4. The molecule has 0 amide bonds. The molecule has 118 valence electrons. The molecule has 2 atom stereocenters. The van der Waals surface area contributed by atoms with Gasteiger partial charge in [0.2, 0.25) is 0 Å². The summed E-state index contributed by atoms with van der Waals surface area (Å²) in [6.07, 6.45) is 1.12. The summed E-state index contributed by atoms with van der Waals surface area (Å²) >= 11 is 1.83. The fraction of sp³-hybridized carbons (Fsp3) is 0.750. The molecule has 1 spiro atoms. The summed E-state index contributed by atoms with van der Waals surface area (Å²) in [5, 5.41) is 2.15. The van der Waals surface area contributed by atoms with Crippen LogP contribution in [0.5, 0.6) is 0 Å². The van der Waals surface area contributed by atoms with E-state index in [2.05, 4.69) is 41.4 Å². The Balaban J connectivity index is 1.62. The molecule has 0 unspecified atom stereocenters. The monoisotopic (exact) mass is 310 g/mol. The third-order valence-corrected chi connectivity index (χ3v) is 5.16. The predicted octanol–water partition coefficient (Wildman–Crippen LogP) is 1.92. The number of thiophene rings is 1. The van der Waals surface area contributed by atoms with Crippen molar-refractivity contribution in [2.75, 3.05) is 53.6 Å². The van der Waals surface area contributed by atoms with E-state index >= 15 is 0 Å². The Labute approximate surface area is 131 Å². The highest BCUT2D eigenvalue weighted by Crippen LogP contribution is 2.33. The molecule has 0 bridgehead atoms. The smallest absolute Gasteiger partial charge is 0.104 e. The highest BCUT2D eigenvalue weighted by Gasteiger charge is 2.43. The van der Waals surface area contributed by atoms with E-state index in [4.69, 9.17) is 9.47 Å². The van der Waals surface area contributed by atoms with Crippen LogP contribution in [0.25, 0.3) is 0 Å². The SMILES string of the molecule is CN(C)C[C@@H]1CO[C@@]2(COCCN(Cc3cccs3)C2)C1. The average molecular weight is 310 g/mol. The molecule has 0 aromatic carbocycles. The second-order valence-electron chi connectivity index (χ2n) is 6.67. The Kier molecular flexibility index (Phi) is 4.96. The Hall–Kier alpha value is -0.460. The van der Waals surface area contributed by atoms with Gasteiger partial charge in [-0.05, 0) is 37.9 Å². The first-order valence-electron chi connectivity index (χ1n) is 7.76. The van der Waals surface area contributed by atoms with Crippen molar-refractivity contribution in [2.45, 2.75) is 18.6 Å². The van der Waals surface area contributed by atoms with Crippen LogP contribution >= 0.6 is 11.3 Å². The minimum Gasteiger partial charge on any atom is -0.377 e. The maximum atomic E-state index is 6.23. The summed E-state index contributed by atoms with van der Waals surface area (Å²) in [5.74, 6) is 0.630. The largest absolute Gasteiger partial charge is 0.377 e. The van der Waals surface area contributed by atoms with Gasteiger partial charge in [0.15, 0.2) is 0 Å². The summed E-state index contributed by atoms with van der Waals surface area (Å²) in [6.45, 7) is 6.55. The van der Waals surface area contributed by atoms with Gasteiger partial charge in [-0.2, -0.15) is 0 Å². The minimum atomic E-state index is -0.0889. The molecule has 3 rings (SSSR count). The zero-order chi connectivity index (χ0) is 14.7. The molecule has 2 saturated heterocycles. The van der Waals surface area contributed by atoms with Crippen molar-refractivity contribution in [2.24, 2.45) is 5.92 Å². The first-order chi connectivity index (χ1) is 10.2. The molecule has 21 heavy (non-hydrogen) atoms. The third-order valence-electron chi connectivity index (χ3n) is 4.30. The van der Waals surface area contributed by atoms with Crippen molar-refractivity contribution >= 4 is 11.3 Å². The lowest BCUT2D eigenvalue weighted by molar-refractivity contribution is -0.0562. The molecular formula is C16H26N2O2S. The summed E-state index contributed by atoms with van der Waals surface area (Å²) in [7, 11) is 4.27. The third kappa shape index (κ3) is 4.05. The lowest BCUT2D eigenvalue weighted by atomic mass is 9.94. The van der Waals surface area contributed by atoms with Crippen LogP contribution in [0.3, 0.4) is 0 Å². The second-order valence-corrected chi connectivity index (χ2v) is 7.70. The van der Waals surface area contributed by atoms with Gasteiger partial charge in [-0.25, -0.2) is 0 Å². The van der Waals surface area contributed by atoms with Gasteiger partial charge < -0.3 is 14.4 Å². The maximum absolute atomic E-state index is 6.23. The van der Waals surface area contributed by atoms with Crippen LogP contribution in [0, 0.1) is 5.92 Å². The Morgan fingerprint density at radius 2 is 2.38 bits per heavy atom. The molecule has 0 saturated carbocycles. The van der Waals surface area contributed by atoms with E-state index in [9.17, 15) is 0 Å². The molecule has 5 heteroatoms. The van der Waals surface area contributed by atoms with E-state index in [1.165, 1.54) is 4.88 Å². The molecule has 4 nitrogen and oxygen atoms in total. The van der Waals surface area contributed by atoms with Gasteiger partial charge in [0.05, 0.1) is 19.8 Å². The Morgan fingerprint density at radius 3 is 3.14 bits per heavy atom. The molecule has 2 fully saturated rings. The molecule has 0 aliphatic carbocycles. The summed E-state index contributed by atoms with van der Waals surface area (Å²) in [6, 6.07) is 4.34. The molecule has 1 aromatic rings. The normalized spacial score (nSPS) is 31.1. The van der Waals surface area contributed by atoms with Crippen LogP contribution < -0.4 is 0 Å². The van der Waals surface area contributed by atoms with Crippen molar-refractivity contribution < 1.29 is 9.47 Å². The van der Waals surface area contributed by atoms with Crippen LogP contribution in [0.15, 0.2) is 17.5 Å². The van der Waals surface area contributed by atoms with Crippen molar-refractivity contribution in [1.29, 1.82) is 0 Å². The van der Waals surface area contributed by atoms with Gasteiger partial charge >= 0.3 is 0 Å². The van der Waals surface area contributed by atoms with Gasteiger partial charge in [-0.3, -0.25) is 4.90 Å². The molecule has 3 heterocycles. The Morgan fingerprint density at radius 1 is 1.48 bits per heavy atom. The van der Waals surface area contributed by atoms with Gasteiger partial charge in [0.25, 0.3) is 0 Å². The zero-order valence-electron chi connectivity index (χ0n) is 13.1. The molecule has 2 aliphatic heterocycles. The zero-order valence-corrected chi connectivity index (χ0v) is 13.9. The molecule has 0 radical (unpaired) electrons. The van der Waals surface area contributed by atoms with Crippen LogP contribution in [-0.4, -0.2) is 69.0 Å². The van der Waals surface area contributed by atoms with E-state index in [0.29, 0.717) is 5.92 Å². The van der Waals surface area contributed by atoms with Crippen molar-refractivity contribution in [3.63, 3.8) is 0 Å². The molecule has 1 aromatic heterocycles. The maximum Gasteiger partial charge on any atom is 0.104 e. The lowest BCUT2D eigenvalue weighted by Gasteiger charge is -2.31. The van der Waals surface area contributed by atoms with Gasteiger partial charge in [0, 0.05) is 31.1 Å². The fourth-order valence-corrected chi connectivity index (χ4v) is 4.27. The standard InChI is InChI=1S/C16H26N2O2S/c1-17(2)9-14-8-16(20-11-14)12-18(5-6-19-13-16)10-15-4-3-7-21-15/h3-4,7,14H,5-6,8-13H2,1-2H3/t14-,16+/m1/s1. The van der Waals surface area contributed by atoms with E-state index in [0.717, 1.165) is 52.4 Å². The number of hydrogen-bond donors (Lipinski definition) is 0. The molecular weight excluding hydrogens is 284 g/mol. The van der Waals surface area contributed by atoms with E-state index in [1.54, 1.807) is 0 Å². The van der Waals surface area contributed by atoms with Crippen LogP contribution in [0.2, 0.25) is 0 Å². The Bertz CT molecular complexity index is 437. The predicted molar refractivity (Wildman–Crippen MR) is 85.8 cm³/mol. The summed E-state index contributed by atoms with van der Waals surface area (Å²) in [4.78, 5) is 6.18. The fourth-order valence-electron chi connectivity index (χ4n) is 3.52. The second kappa shape index (κ2) is 6.75. The van der Waals surface area contributed by atoms with Crippen molar-refractivity contribution in [3.05, 3.63) is 22.4 Å². The van der Waals surface area contributed by atoms with E-state index in [-0.39, 0.29) is 5.60 Å². The highest BCUT2D eigenvalue weighted by atomic mass is 32.1.